The summed E-state index contributed by atoms with van der Waals surface area (Å²) >= 11 is 6.04. The molecule has 0 atom stereocenters. The number of halogens is 1. The van der Waals surface area contributed by atoms with Gasteiger partial charge < -0.3 is 15.0 Å². The molecule has 5 heteroatoms. The van der Waals surface area contributed by atoms with E-state index in [9.17, 15) is 0 Å². The zero-order chi connectivity index (χ0) is 12.5. The lowest BCUT2D eigenvalue weighted by Gasteiger charge is -2.09. The van der Waals surface area contributed by atoms with Crippen molar-refractivity contribution < 1.29 is 4.74 Å². The minimum atomic E-state index is 0.679. The van der Waals surface area contributed by atoms with Gasteiger partial charge in [0, 0.05) is 24.5 Å². The van der Waals surface area contributed by atoms with Gasteiger partial charge >= 0.3 is 0 Å². The molecule has 1 aliphatic heterocycles. The number of ether oxygens (including phenoxy) is 1. The summed E-state index contributed by atoms with van der Waals surface area (Å²) in [6, 6.07) is 5.55. The van der Waals surface area contributed by atoms with Gasteiger partial charge in [-0.15, -0.1) is 0 Å². The predicted molar refractivity (Wildman–Crippen MR) is 71.0 cm³/mol. The second-order valence-corrected chi connectivity index (χ2v) is 4.72. The van der Waals surface area contributed by atoms with Crippen LogP contribution in [0.1, 0.15) is 11.4 Å². The molecule has 4 nitrogen and oxygen atoms in total. The minimum absolute atomic E-state index is 0.679. The van der Waals surface area contributed by atoms with Crippen LogP contribution < -0.4 is 10.1 Å². The molecule has 0 aliphatic carbocycles. The number of methoxy groups -OCH3 is 1. The number of nitrogens with one attached hydrogen (secondary N) is 2. The van der Waals surface area contributed by atoms with Gasteiger partial charge in [0.05, 0.1) is 24.1 Å². The molecule has 2 aromatic rings. The predicted octanol–water partition coefficient (Wildman–Crippen LogP) is 2.38. The molecule has 1 aromatic heterocycles. The minimum Gasteiger partial charge on any atom is -0.496 e. The van der Waals surface area contributed by atoms with Gasteiger partial charge in [-0.3, -0.25) is 0 Å². The Bertz CT molecular complexity index is 556. The largest absolute Gasteiger partial charge is 0.496 e. The third-order valence-corrected chi connectivity index (χ3v) is 3.36. The molecule has 18 heavy (non-hydrogen) atoms. The van der Waals surface area contributed by atoms with Crippen LogP contribution in [0.25, 0.3) is 11.4 Å². The number of aromatic amines is 1. The van der Waals surface area contributed by atoms with Gasteiger partial charge in [-0.1, -0.05) is 11.6 Å². The standard InChI is InChI=1S/C13H14ClN3O/c1-18-12-3-2-8(14)6-9(12)13-16-10-4-5-15-7-11(10)17-13/h2-3,6,15H,4-5,7H2,1H3,(H,16,17). The third-order valence-electron chi connectivity index (χ3n) is 3.12. The van der Waals surface area contributed by atoms with Crippen LogP contribution in [0.5, 0.6) is 5.75 Å². The fourth-order valence-electron chi connectivity index (χ4n) is 2.21. The van der Waals surface area contributed by atoms with E-state index in [1.807, 2.05) is 18.2 Å². The lowest BCUT2D eigenvalue weighted by molar-refractivity contribution is 0.416. The number of imidazole rings is 1. The average Bonchev–Trinajstić information content (AvgIpc) is 2.82. The molecule has 0 unspecified atom stereocenters. The van der Waals surface area contributed by atoms with Gasteiger partial charge in [0.1, 0.15) is 11.6 Å². The normalized spacial score (nSPS) is 14.3. The van der Waals surface area contributed by atoms with E-state index in [-0.39, 0.29) is 0 Å². The fraction of sp³-hybridized carbons (Fsp3) is 0.308. The van der Waals surface area contributed by atoms with Crippen molar-refractivity contribution in [3.8, 4) is 17.1 Å². The second-order valence-electron chi connectivity index (χ2n) is 4.28. The number of benzene rings is 1. The Hall–Kier alpha value is -1.52. The molecule has 1 aromatic carbocycles. The van der Waals surface area contributed by atoms with Crippen LogP contribution in [0, 0.1) is 0 Å². The Kier molecular flexibility index (Phi) is 2.97. The van der Waals surface area contributed by atoms with Crippen LogP contribution in [-0.2, 0) is 13.0 Å². The highest BCUT2D eigenvalue weighted by Crippen LogP contribution is 2.31. The number of nitrogens with zero attached hydrogens (tertiary/aromatic N) is 1. The summed E-state index contributed by atoms with van der Waals surface area (Å²) < 4.78 is 5.35. The van der Waals surface area contributed by atoms with E-state index < -0.39 is 0 Å². The molecule has 1 aliphatic rings. The van der Waals surface area contributed by atoms with Crippen LogP contribution in [0.4, 0.5) is 0 Å². The van der Waals surface area contributed by atoms with E-state index in [4.69, 9.17) is 16.3 Å². The maximum absolute atomic E-state index is 6.04. The summed E-state index contributed by atoms with van der Waals surface area (Å²) in [6.45, 7) is 1.81. The molecular weight excluding hydrogens is 250 g/mol. The van der Waals surface area contributed by atoms with Gasteiger partial charge in [0.2, 0.25) is 0 Å². The summed E-state index contributed by atoms with van der Waals surface area (Å²) in [7, 11) is 1.65. The van der Waals surface area contributed by atoms with E-state index in [0.29, 0.717) is 5.02 Å². The molecular formula is C13H14ClN3O. The maximum Gasteiger partial charge on any atom is 0.141 e. The molecule has 0 saturated heterocycles. The number of aromatic nitrogens is 2. The zero-order valence-electron chi connectivity index (χ0n) is 10.1. The Morgan fingerprint density at radius 2 is 2.28 bits per heavy atom. The van der Waals surface area contributed by atoms with Gasteiger partial charge in [-0.25, -0.2) is 4.98 Å². The van der Waals surface area contributed by atoms with Crippen molar-refractivity contribution in [3.63, 3.8) is 0 Å². The van der Waals surface area contributed by atoms with Crippen LogP contribution in [0.3, 0.4) is 0 Å². The first-order valence-corrected chi connectivity index (χ1v) is 6.28. The number of hydrogen-bond donors (Lipinski definition) is 2. The summed E-state index contributed by atoms with van der Waals surface area (Å²) in [6.07, 6.45) is 0.953. The van der Waals surface area contributed by atoms with Gasteiger partial charge in [-0.05, 0) is 18.2 Å². The van der Waals surface area contributed by atoms with Crippen LogP contribution in [0.2, 0.25) is 5.02 Å². The fourth-order valence-corrected chi connectivity index (χ4v) is 2.38. The van der Waals surface area contributed by atoms with E-state index in [1.165, 1.54) is 0 Å². The highest BCUT2D eigenvalue weighted by Gasteiger charge is 2.17. The molecule has 2 heterocycles. The number of fused-ring (bicyclic) bond motifs is 1. The molecule has 0 fully saturated rings. The van der Waals surface area contributed by atoms with Crippen molar-refractivity contribution in [2.24, 2.45) is 0 Å². The van der Waals surface area contributed by atoms with Gasteiger partial charge in [0.25, 0.3) is 0 Å². The van der Waals surface area contributed by atoms with E-state index in [1.54, 1.807) is 7.11 Å². The van der Waals surface area contributed by atoms with Crippen LogP contribution >= 0.6 is 11.6 Å². The number of hydrogen-bond acceptors (Lipinski definition) is 3. The molecule has 0 bridgehead atoms. The van der Waals surface area contributed by atoms with E-state index in [0.717, 1.165) is 48.0 Å². The van der Waals surface area contributed by atoms with Crippen molar-refractivity contribution in [3.05, 3.63) is 34.6 Å². The van der Waals surface area contributed by atoms with Gasteiger partial charge in [-0.2, -0.15) is 0 Å². The topological polar surface area (TPSA) is 49.9 Å². The third kappa shape index (κ3) is 1.98. The smallest absolute Gasteiger partial charge is 0.141 e. The highest BCUT2D eigenvalue weighted by molar-refractivity contribution is 6.30. The number of rotatable bonds is 2. The SMILES string of the molecule is COc1ccc(Cl)cc1-c1nc2c([nH]1)CNCC2. The average molecular weight is 264 g/mol. The van der Waals surface area contributed by atoms with Gasteiger partial charge in [0.15, 0.2) is 0 Å². The Morgan fingerprint density at radius 3 is 3.06 bits per heavy atom. The molecule has 0 amide bonds. The van der Waals surface area contributed by atoms with Crippen LogP contribution in [0.15, 0.2) is 18.2 Å². The van der Waals surface area contributed by atoms with Crippen LogP contribution in [-0.4, -0.2) is 23.6 Å². The molecule has 2 N–H and O–H groups in total. The molecule has 0 saturated carbocycles. The highest BCUT2D eigenvalue weighted by atomic mass is 35.5. The zero-order valence-corrected chi connectivity index (χ0v) is 10.8. The lowest BCUT2D eigenvalue weighted by atomic mass is 10.2. The Labute approximate surface area is 110 Å². The summed E-state index contributed by atoms with van der Waals surface area (Å²) in [5.74, 6) is 1.60. The maximum atomic E-state index is 6.04. The first kappa shape index (κ1) is 11.6. The first-order chi connectivity index (χ1) is 8.78. The van der Waals surface area contributed by atoms with Crippen molar-refractivity contribution in [1.29, 1.82) is 0 Å². The van der Waals surface area contributed by atoms with Crippen molar-refractivity contribution in [2.75, 3.05) is 13.7 Å². The monoisotopic (exact) mass is 263 g/mol. The van der Waals surface area contributed by atoms with E-state index in [2.05, 4.69) is 15.3 Å². The summed E-state index contributed by atoms with van der Waals surface area (Å²) in [5.41, 5.74) is 3.18. The van der Waals surface area contributed by atoms with Crippen molar-refractivity contribution in [2.45, 2.75) is 13.0 Å². The van der Waals surface area contributed by atoms with Crippen molar-refractivity contribution in [1.82, 2.24) is 15.3 Å². The summed E-state index contributed by atoms with van der Waals surface area (Å²) in [5, 5.41) is 4.00. The molecule has 0 spiro atoms. The molecule has 0 radical (unpaired) electrons. The first-order valence-electron chi connectivity index (χ1n) is 5.90. The second kappa shape index (κ2) is 4.63. The van der Waals surface area contributed by atoms with E-state index >= 15 is 0 Å². The molecule has 3 rings (SSSR count). The summed E-state index contributed by atoms with van der Waals surface area (Å²) in [4.78, 5) is 7.98. The number of H-pyrrole nitrogens is 1. The lowest BCUT2D eigenvalue weighted by Crippen LogP contribution is -2.23. The quantitative estimate of drug-likeness (QED) is 0.875. The Morgan fingerprint density at radius 1 is 1.39 bits per heavy atom. The Balaban J connectivity index is 2.08. The molecule has 94 valence electrons. The van der Waals surface area contributed by atoms with Crippen molar-refractivity contribution >= 4 is 11.6 Å².